The fourth-order valence-electron chi connectivity index (χ4n) is 1.65. The highest BCUT2D eigenvalue weighted by atomic mass is 32.2. The molecular weight excluding hydrogens is 250 g/mol. The van der Waals surface area contributed by atoms with Crippen molar-refractivity contribution >= 4 is 34.8 Å². The van der Waals surface area contributed by atoms with E-state index in [4.69, 9.17) is 18.0 Å². The van der Waals surface area contributed by atoms with Crippen molar-refractivity contribution < 1.29 is 0 Å². The van der Waals surface area contributed by atoms with Crippen molar-refractivity contribution in [3.63, 3.8) is 0 Å². The number of nitrogens with two attached hydrogens (primary N) is 1. The van der Waals surface area contributed by atoms with E-state index < -0.39 is 0 Å². The maximum atomic E-state index is 5.63. The molecule has 0 aliphatic heterocycles. The first kappa shape index (κ1) is 14.3. The van der Waals surface area contributed by atoms with Gasteiger partial charge in [-0.2, -0.15) is 11.8 Å². The van der Waals surface area contributed by atoms with E-state index >= 15 is 0 Å². The van der Waals surface area contributed by atoms with Crippen LogP contribution in [0, 0.1) is 0 Å². The molecule has 0 fully saturated rings. The summed E-state index contributed by atoms with van der Waals surface area (Å²) >= 11 is 6.83. The van der Waals surface area contributed by atoms with Crippen molar-refractivity contribution in [1.82, 2.24) is 4.98 Å². The lowest BCUT2D eigenvalue weighted by Crippen LogP contribution is -2.33. The molecule has 0 aromatic carbocycles. The van der Waals surface area contributed by atoms with Gasteiger partial charge in [-0.25, -0.2) is 4.98 Å². The van der Waals surface area contributed by atoms with E-state index in [9.17, 15) is 0 Å². The van der Waals surface area contributed by atoms with Crippen LogP contribution in [0.5, 0.6) is 0 Å². The Balaban J connectivity index is 2.90. The zero-order chi connectivity index (χ0) is 12.8. The molecule has 94 valence electrons. The summed E-state index contributed by atoms with van der Waals surface area (Å²) in [6, 6.07) is 4.28. The molecule has 1 rings (SSSR count). The second-order valence-corrected chi connectivity index (χ2v) is 5.25. The minimum atomic E-state index is 0.417. The highest BCUT2D eigenvalue weighted by molar-refractivity contribution is 7.98. The minimum Gasteiger partial charge on any atom is -0.389 e. The van der Waals surface area contributed by atoms with E-state index in [-0.39, 0.29) is 0 Å². The molecule has 1 aromatic rings. The standard InChI is InChI=1S/C12H19N3S2/c1-4-10(8-17-3)15(2)11-7-9(12(13)16)5-6-14-11/h5-7,10H,4,8H2,1-3H3,(H2,13,16). The van der Waals surface area contributed by atoms with Crippen LogP contribution in [0.3, 0.4) is 0 Å². The third-order valence-corrected chi connectivity index (χ3v) is 3.72. The van der Waals surface area contributed by atoms with Crippen molar-refractivity contribution in [3.8, 4) is 0 Å². The molecule has 0 spiro atoms. The minimum absolute atomic E-state index is 0.417. The number of hydrogen-bond donors (Lipinski definition) is 1. The Bertz CT molecular complexity index is 382. The average Bonchev–Trinajstić information content (AvgIpc) is 2.35. The Hall–Kier alpha value is -0.810. The van der Waals surface area contributed by atoms with Crippen LogP contribution in [-0.4, -0.2) is 35.1 Å². The van der Waals surface area contributed by atoms with Crippen LogP contribution >= 0.6 is 24.0 Å². The molecule has 1 unspecified atom stereocenters. The predicted octanol–water partition coefficient (Wildman–Crippen LogP) is 2.29. The van der Waals surface area contributed by atoms with Gasteiger partial charge in [-0.1, -0.05) is 19.1 Å². The molecule has 1 heterocycles. The van der Waals surface area contributed by atoms with E-state index in [1.807, 2.05) is 23.9 Å². The molecular formula is C12H19N3S2. The van der Waals surface area contributed by atoms with Gasteiger partial charge >= 0.3 is 0 Å². The van der Waals surface area contributed by atoms with Gasteiger partial charge in [0.2, 0.25) is 0 Å². The first-order valence-corrected chi connectivity index (χ1v) is 7.38. The normalized spacial score (nSPS) is 12.2. The summed E-state index contributed by atoms with van der Waals surface area (Å²) in [6.45, 7) is 2.19. The number of aromatic nitrogens is 1. The molecule has 1 aromatic heterocycles. The van der Waals surface area contributed by atoms with Gasteiger partial charge in [0, 0.05) is 30.6 Å². The van der Waals surface area contributed by atoms with E-state index in [0.717, 1.165) is 23.6 Å². The maximum Gasteiger partial charge on any atom is 0.129 e. The molecule has 5 heteroatoms. The molecule has 0 amide bonds. The monoisotopic (exact) mass is 269 g/mol. The smallest absolute Gasteiger partial charge is 0.129 e. The second kappa shape index (κ2) is 6.81. The lowest BCUT2D eigenvalue weighted by molar-refractivity contribution is 0.666. The van der Waals surface area contributed by atoms with Crippen molar-refractivity contribution in [2.45, 2.75) is 19.4 Å². The topological polar surface area (TPSA) is 42.1 Å². The molecule has 2 N–H and O–H groups in total. The van der Waals surface area contributed by atoms with Crippen molar-refractivity contribution in [2.24, 2.45) is 5.73 Å². The highest BCUT2D eigenvalue weighted by Crippen LogP contribution is 2.17. The Morgan fingerprint density at radius 2 is 2.35 bits per heavy atom. The van der Waals surface area contributed by atoms with Crippen LogP contribution in [0.1, 0.15) is 18.9 Å². The van der Waals surface area contributed by atoms with Gasteiger partial charge in [0.05, 0.1) is 0 Å². The fourth-order valence-corrected chi connectivity index (χ4v) is 2.62. The molecule has 3 nitrogen and oxygen atoms in total. The van der Waals surface area contributed by atoms with Gasteiger partial charge < -0.3 is 10.6 Å². The number of pyridine rings is 1. The summed E-state index contributed by atoms with van der Waals surface area (Å²) in [5.41, 5.74) is 6.50. The highest BCUT2D eigenvalue weighted by Gasteiger charge is 2.14. The van der Waals surface area contributed by atoms with E-state index in [1.54, 1.807) is 6.20 Å². The molecule has 0 saturated carbocycles. The average molecular weight is 269 g/mol. The van der Waals surface area contributed by atoms with Crippen molar-refractivity contribution in [1.29, 1.82) is 0 Å². The molecule has 0 bridgehead atoms. The summed E-state index contributed by atoms with van der Waals surface area (Å²) < 4.78 is 0. The van der Waals surface area contributed by atoms with Gasteiger partial charge in [-0.3, -0.25) is 0 Å². The number of thioether (sulfide) groups is 1. The molecule has 0 aliphatic carbocycles. The van der Waals surface area contributed by atoms with Gasteiger partial charge in [-0.15, -0.1) is 0 Å². The lowest BCUT2D eigenvalue weighted by atomic mass is 10.2. The Labute approximate surface area is 113 Å². The number of thiocarbonyl (C=S) groups is 1. The number of hydrogen-bond acceptors (Lipinski definition) is 4. The third-order valence-electron chi connectivity index (χ3n) is 2.77. The maximum absolute atomic E-state index is 5.63. The second-order valence-electron chi connectivity index (χ2n) is 3.90. The van der Waals surface area contributed by atoms with Gasteiger partial charge in [0.25, 0.3) is 0 Å². The van der Waals surface area contributed by atoms with Crippen molar-refractivity contribution in [3.05, 3.63) is 23.9 Å². The van der Waals surface area contributed by atoms with Gasteiger partial charge in [-0.05, 0) is 24.8 Å². The molecule has 0 aliphatic rings. The summed E-state index contributed by atoms with van der Waals surface area (Å²) in [4.78, 5) is 6.98. The van der Waals surface area contributed by atoms with E-state index in [0.29, 0.717) is 11.0 Å². The summed E-state index contributed by atoms with van der Waals surface area (Å²) in [7, 11) is 2.07. The Kier molecular flexibility index (Phi) is 5.71. The Morgan fingerprint density at radius 3 is 2.88 bits per heavy atom. The third kappa shape index (κ3) is 3.85. The largest absolute Gasteiger partial charge is 0.389 e. The zero-order valence-electron chi connectivity index (χ0n) is 10.5. The van der Waals surface area contributed by atoms with Crippen LogP contribution in [0.15, 0.2) is 18.3 Å². The summed E-state index contributed by atoms with van der Waals surface area (Å²) in [6.07, 6.45) is 4.97. The van der Waals surface area contributed by atoms with Gasteiger partial charge in [0.1, 0.15) is 10.8 Å². The number of nitrogens with zero attached hydrogens (tertiary/aromatic N) is 2. The lowest BCUT2D eigenvalue weighted by Gasteiger charge is -2.28. The molecule has 0 saturated heterocycles. The van der Waals surface area contributed by atoms with E-state index in [2.05, 4.69) is 30.1 Å². The quantitative estimate of drug-likeness (QED) is 0.803. The SMILES string of the molecule is CCC(CSC)N(C)c1cc(C(N)=S)ccn1. The Morgan fingerprint density at radius 1 is 1.65 bits per heavy atom. The van der Waals surface area contributed by atoms with Crippen molar-refractivity contribution in [2.75, 3.05) is 24.0 Å². The van der Waals surface area contributed by atoms with Gasteiger partial charge in [0.15, 0.2) is 0 Å². The fraction of sp³-hybridized carbons (Fsp3) is 0.500. The number of anilines is 1. The van der Waals surface area contributed by atoms with Crippen LogP contribution in [0.25, 0.3) is 0 Å². The van der Waals surface area contributed by atoms with E-state index in [1.165, 1.54) is 0 Å². The molecule has 17 heavy (non-hydrogen) atoms. The predicted molar refractivity (Wildman–Crippen MR) is 81.0 cm³/mol. The van der Waals surface area contributed by atoms with Crippen LogP contribution in [0.4, 0.5) is 5.82 Å². The summed E-state index contributed by atoms with van der Waals surface area (Å²) in [5, 5.41) is 0. The number of rotatable bonds is 6. The van der Waals surface area contributed by atoms with Crippen LogP contribution in [-0.2, 0) is 0 Å². The van der Waals surface area contributed by atoms with Crippen LogP contribution < -0.4 is 10.6 Å². The zero-order valence-corrected chi connectivity index (χ0v) is 12.1. The molecule has 1 atom stereocenters. The molecule has 0 radical (unpaired) electrons. The summed E-state index contributed by atoms with van der Waals surface area (Å²) in [5.74, 6) is 2.02. The first-order valence-electron chi connectivity index (χ1n) is 5.57. The first-order chi connectivity index (χ1) is 8.10. The van der Waals surface area contributed by atoms with Crippen LogP contribution in [0.2, 0.25) is 0 Å².